The fourth-order valence-corrected chi connectivity index (χ4v) is 2.85. The smallest absolute Gasteiger partial charge is 0.273 e. The summed E-state index contributed by atoms with van der Waals surface area (Å²) in [6, 6.07) is 8.44. The van der Waals surface area contributed by atoms with Crippen LogP contribution < -0.4 is 10.2 Å². The lowest BCUT2D eigenvalue weighted by molar-refractivity contribution is -0.128. The molecule has 1 fully saturated rings. The first kappa shape index (κ1) is 16.9. The van der Waals surface area contributed by atoms with E-state index in [0.717, 1.165) is 5.69 Å². The first-order valence-corrected chi connectivity index (χ1v) is 7.95. The van der Waals surface area contributed by atoms with E-state index in [4.69, 9.17) is 0 Å². The molecule has 130 valence electrons. The van der Waals surface area contributed by atoms with Gasteiger partial charge in [-0.15, -0.1) is 0 Å². The van der Waals surface area contributed by atoms with Gasteiger partial charge in [0.15, 0.2) is 0 Å². The van der Waals surface area contributed by atoms with Gasteiger partial charge in [-0.05, 0) is 18.2 Å². The summed E-state index contributed by atoms with van der Waals surface area (Å²) >= 11 is 0. The Hall–Kier alpha value is -2.96. The largest absolute Gasteiger partial charge is 0.378 e. The number of hydrogen-bond donors (Lipinski definition) is 1. The standard InChI is InChI=1S/C18H19FN4O2/c1-22(2)12-7-8-20-15(11-12)18(25)23-10-9-21-17(24)16(23)13-5-3-4-6-14(13)19/h3-8,11,16H,9-10H2,1-2H3,(H,21,24)/t16-/m0/s1. The molecule has 0 unspecified atom stereocenters. The number of benzene rings is 1. The number of aromatic nitrogens is 1. The predicted octanol–water partition coefficient (Wildman–Crippen LogP) is 1.60. The van der Waals surface area contributed by atoms with Crippen molar-refractivity contribution in [2.45, 2.75) is 6.04 Å². The monoisotopic (exact) mass is 342 g/mol. The minimum Gasteiger partial charge on any atom is -0.378 e. The van der Waals surface area contributed by atoms with Crippen molar-refractivity contribution in [3.8, 4) is 0 Å². The highest BCUT2D eigenvalue weighted by molar-refractivity contribution is 5.97. The van der Waals surface area contributed by atoms with Crippen LogP contribution in [-0.4, -0.2) is 48.9 Å². The van der Waals surface area contributed by atoms with Crippen LogP contribution in [0.25, 0.3) is 0 Å². The van der Waals surface area contributed by atoms with Crippen molar-refractivity contribution in [2.75, 3.05) is 32.1 Å². The number of nitrogens with one attached hydrogen (secondary N) is 1. The minimum absolute atomic E-state index is 0.178. The van der Waals surface area contributed by atoms with Gasteiger partial charge in [0.05, 0.1) is 0 Å². The third-order valence-electron chi connectivity index (χ3n) is 4.15. The number of carbonyl (C=O) groups excluding carboxylic acids is 2. The number of anilines is 1. The number of carbonyl (C=O) groups is 2. The van der Waals surface area contributed by atoms with E-state index in [1.54, 1.807) is 30.5 Å². The number of piperazine rings is 1. The quantitative estimate of drug-likeness (QED) is 0.920. The number of pyridine rings is 1. The average Bonchev–Trinajstić information content (AvgIpc) is 2.62. The molecule has 1 saturated heterocycles. The second-order valence-corrected chi connectivity index (χ2v) is 6.01. The second kappa shape index (κ2) is 6.88. The van der Waals surface area contributed by atoms with Crippen LogP contribution in [0, 0.1) is 5.82 Å². The van der Waals surface area contributed by atoms with Crippen molar-refractivity contribution in [3.05, 3.63) is 59.7 Å². The van der Waals surface area contributed by atoms with Gasteiger partial charge in [0.2, 0.25) is 5.91 Å². The van der Waals surface area contributed by atoms with E-state index in [0.29, 0.717) is 6.54 Å². The van der Waals surface area contributed by atoms with Gasteiger partial charge in [0, 0.05) is 44.6 Å². The Morgan fingerprint density at radius 2 is 2.08 bits per heavy atom. The van der Waals surface area contributed by atoms with Gasteiger partial charge in [-0.3, -0.25) is 14.6 Å². The van der Waals surface area contributed by atoms with Crippen LogP contribution in [0.3, 0.4) is 0 Å². The minimum atomic E-state index is -1.01. The first-order chi connectivity index (χ1) is 12.0. The van der Waals surface area contributed by atoms with Gasteiger partial charge in [-0.1, -0.05) is 18.2 Å². The maximum atomic E-state index is 14.2. The molecule has 2 aromatic rings. The summed E-state index contributed by atoms with van der Waals surface area (Å²) in [6.07, 6.45) is 1.55. The molecule has 1 aromatic heterocycles. The second-order valence-electron chi connectivity index (χ2n) is 6.01. The van der Waals surface area contributed by atoms with E-state index >= 15 is 0 Å². The number of hydrogen-bond acceptors (Lipinski definition) is 4. The highest BCUT2D eigenvalue weighted by Gasteiger charge is 2.36. The van der Waals surface area contributed by atoms with Gasteiger partial charge in [0.25, 0.3) is 5.91 Å². The molecule has 0 saturated carbocycles. The Morgan fingerprint density at radius 3 is 2.80 bits per heavy atom. The van der Waals surface area contributed by atoms with Crippen LogP contribution in [-0.2, 0) is 4.79 Å². The molecular formula is C18H19FN4O2. The maximum absolute atomic E-state index is 14.2. The van der Waals surface area contributed by atoms with Crippen LogP contribution in [0.2, 0.25) is 0 Å². The zero-order valence-corrected chi connectivity index (χ0v) is 14.1. The van der Waals surface area contributed by atoms with E-state index in [2.05, 4.69) is 10.3 Å². The molecule has 3 rings (SSSR count). The summed E-state index contributed by atoms with van der Waals surface area (Å²) < 4.78 is 14.2. The molecule has 0 spiro atoms. The molecule has 2 heterocycles. The van der Waals surface area contributed by atoms with Crippen molar-refractivity contribution in [3.63, 3.8) is 0 Å². The third-order valence-corrected chi connectivity index (χ3v) is 4.15. The van der Waals surface area contributed by atoms with Crippen molar-refractivity contribution < 1.29 is 14.0 Å². The predicted molar refractivity (Wildman–Crippen MR) is 91.8 cm³/mol. The summed E-state index contributed by atoms with van der Waals surface area (Å²) in [6.45, 7) is 0.611. The van der Waals surface area contributed by atoms with Gasteiger partial charge in [0.1, 0.15) is 17.6 Å². The highest BCUT2D eigenvalue weighted by atomic mass is 19.1. The molecule has 1 atom stereocenters. The lowest BCUT2D eigenvalue weighted by Gasteiger charge is -2.35. The van der Waals surface area contributed by atoms with E-state index in [9.17, 15) is 14.0 Å². The zero-order valence-electron chi connectivity index (χ0n) is 14.1. The van der Waals surface area contributed by atoms with Crippen LogP contribution >= 0.6 is 0 Å². The molecule has 0 bridgehead atoms. The Labute approximate surface area is 145 Å². The van der Waals surface area contributed by atoms with Gasteiger partial charge >= 0.3 is 0 Å². The Kier molecular flexibility index (Phi) is 4.65. The first-order valence-electron chi connectivity index (χ1n) is 7.95. The number of amides is 2. The molecule has 0 aliphatic carbocycles. The molecule has 25 heavy (non-hydrogen) atoms. The van der Waals surface area contributed by atoms with Gasteiger partial charge < -0.3 is 15.1 Å². The topological polar surface area (TPSA) is 65.5 Å². The molecule has 1 aromatic carbocycles. The normalized spacial score (nSPS) is 17.2. The summed E-state index contributed by atoms with van der Waals surface area (Å²) in [5.41, 5.74) is 1.22. The summed E-state index contributed by atoms with van der Waals surface area (Å²) in [5.74, 6) is -1.31. The van der Waals surface area contributed by atoms with E-state index in [1.807, 2.05) is 19.0 Å². The number of rotatable bonds is 3. The summed E-state index contributed by atoms with van der Waals surface area (Å²) in [5, 5.41) is 2.70. The molecule has 2 amide bonds. The average molecular weight is 342 g/mol. The van der Waals surface area contributed by atoms with Crippen LogP contribution in [0.1, 0.15) is 22.1 Å². The number of halogens is 1. The molecule has 0 radical (unpaired) electrons. The van der Waals surface area contributed by atoms with Crippen molar-refractivity contribution >= 4 is 17.5 Å². The molecule has 1 N–H and O–H groups in total. The molecular weight excluding hydrogens is 323 g/mol. The van der Waals surface area contributed by atoms with Crippen molar-refractivity contribution in [2.24, 2.45) is 0 Å². The molecule has 1 aliphatic rings. The van der Waals surface area contributed by atoms with Crippen LogP contribution in [0.4, 0.5) is 10.1 Å². The van der Waals surface area contributed by atoms with Crippen LogP contribution in [0.5, 0.6) is 0 Å². The molecule has 7 heteroatoms. The zero-order chi connectivity index (χ0) is 18.0. The highest BCUT2D eigenvalue weighted by Crippen LogP contribution is 2.27. The Bertz CT molecular complexity index is 809. The fourth-order valence-electron chi connectivity index (χ4n) is 2.85. The summed E-state index contributed by atoms with van der Waals surface area (Å²) in [4.78, 5) is 32.7. The van der Waals surface area contributed by atoms with Gasteiger partial charge in [-0.2, -0.15) is 0 Å². The SMILES string of the molecule is CN(C)c1ccnc(C(=O)N2CCNC(=O)[C@@H]2c2ccccc2F)c1. The van der Waals surface area contributed by atoms with Crippen LogP contribution in [0.15, 0.2) is 42.6 Å². The fraction of sp³-hybridized carbons (Fsp3) is 0.278. The lowest BCUT2D eigenvalue weighted by Crippen LogP contribution is -2.52. The summed E-state index contributed by atoms with van der Waals surface area (Å²) in [7, 11) is 3.72. The van der Waals surface area contributed by atoms with Crippen molar-refractivity contribution in [1.82, 2.24) is 15.2 Å². The number of nitrogens with zero attached hydrogens (tertiary/aromatic N) is 3. The van der Waals surface area contributed by atoms with Gasteiger partial charge in [-0.25, -0.2) is 4.39 Å². The van der Waals surface area contributed by atoms with Crippen molar-refractivity contribution in [1.29, 1.82) is 0 Å². The maximum Gasteiger partial charge on any atom is 0.273 e. The van der Waals surface area contributed by atoms with E-state index < -0.39 is 23.7 Å². The Morgan fingerprint density at radius 1 is 1.32 bits per heavy atom. The van der Waals surface area contributed by atoms with E-state index in [-0.39, 0.29) is 17.8 Å². The third kappa shape index (κ3) is 3.31. The Balaban J connectivity index is 1.98. The molecule has 6 nitrogen and oxygen atoms in total. The van der Waals surface area contributed by atoms with E-state index in [1.165, 1.54) is 17.0 Å². The lowest BCUT2D eigenvalue weighted by atomic mass is 10.0. The molecule has 1 aliphatic heterocycles.